The number of nitrogens with zero attached hydrogens (tertiary/aromatic N) is 1. The molecular weight excluding hydrogens is 282 g/mol. The zero-order chi connectivity index (χ0) is 14.5. The summed E-state index contributed by atoms with van der Waals surface area (Å²) in [5, 5.41) is 18.2. The molecule has 0 aliphatic rings. The van der Waals surface area contributed by atoms with E-state index in [2.05, 4.69) is 10.4 Å². The van der Waals surface area contributed by atoms with Crippen LogP contribution in [0.5, 0.6) is 0 Å². The van der Waals surface area contributed by atoms with Gasteiger partial charge < -0.3 is 10.4 Å². The summed E-state index contributed by atoms with van der Waals surface area (Å²) in [5.74, 6) is -0.469. The quantitative estimate of drug-likeness (QED) is 0.688. The third-order valence-electron chi connectivity index (χ3n) is 2.61. The highest BCUT2D eigenvalue weighted by Gasteiger charge is 2.10. The number of nitrogens with one attached hydrogen (secondary N) is 2. The van der Waals surface area contributed by atoms with Crippen LogP contribution in [0.2, 0.25) is 0 Å². The molecule has 0 aliphatic heterocycles. The number of H-pyrrole nitrogens is 1. The maximum atomic E-state index is 11.6. The molecule has 2 aromatic rings. The second kappa shape index (κ2) is 6.31. The standard InChI is InChI=1S/C12H13N3O4S/c16-9(8-3-4-20-7-8)5-13-11(18)6-15-12(19)2-1-10(17)14-15/h1-4,7,9,16H,5-6H2,(H,13,18)(H,14,17). The van der Waals surface area contributed by atoms with Crippen molar-refractivity contribution in [3.63, 3.8) is 0 Å². The van der Waals surface area contributed by atoms with Crippen molar-refractivity contribution in [3.8, 4) is 0 Å². The largest absolute Gasteiger partial charge is 0.387 e. The number of carbonyl (C=O) groups excluding carboxylic acids is 1. The zero-order valence-corrected chi connectivity index (χ0v) is 11.2. The minimum atomic E-state index is -0.795. The van der Waals surface area contributed by atoms with Gasteiger partial charge in [-0.05, 0) is 22.4 Å². The minimum Gasteiger partial charge on any atom is -0.387 e. The molecule has 7 nitrogen and oxygen atoms in total. The summed E-state index contributed by atoms with van der Waals surface area (Å²) in [6, 6.07) is 3.95. The number of thiophene rings is 1. The van der Waals surface area contributed by atoms with Gasteiger partial charge in [0.25, 0.3) is 11.1 Å². The van der Waals surface area contributed by atoms with Crippen LogP contribution >= 0.6 is 11.3 Å². The number of hydrogen-bond donors (Lipinski definition) is 3. The van der Waals surface area contributed by atoms with Gasteiger partial charge >= 0.3 is 0 Å². The Balaban J connectivity index is 1.91. The van der Waals surface area contributed by atoms with Crippen LogP contribution in [0, 0.1) is 0 Å². The molecule has 0 aliphatic carbocycles. The number of amides is 1. The first-order valence-corrected chi connectivity index (χ1v) is 6.77. The molecule has 2 heterocycles. The first-order chi connectivity index (χ1) is 9.56. The van der Waals surface area contributed by atoms with E-state index in [0.29, 0.717) is 0 Å². The third-order valence-corrected chi connectivity index (χ3v) is 3.31. The van der Waals surface area contributed by atoms with Crippen molar-refractivity contribution in [2.45, 2.75) is 12.6 Å². The number of hydrogen-bond acceptors (Lipinski definition) is 5. The Labute approximate surface area is 117 Å². The van der Waals surface area contributed by atoms with Crippen molar-refractivity contribution >= 4 is 17.2 Å². The first-order valence-electron chi connectivity index (χ1n) is 5.83. The van der Waals surface area contributed by atoms with E-state index >= 15 is 0 Å². The molecule has 0 spiro atoms. The molecule has 20 heavy (non-hydrogen) atoms. The van der Waals surface area contributed by atoms with Gasteiger partial charge in [0.2, 0.25) is 5.91 Å². The second-order valence-corrected chi connectivity index (χ2v) is 4.89. The summed E-state index contributed by atoms with van der Waals surface area (Å²) in [7, 11) is 0. The van der Waals surface area contributed by atoms with Crippen molar-refractivity contribution in [1.82, 2.24) is 15.1 Å². The lowest BCUT2D eigenvalue weighted by Crippen LogP contribution is -2.37. The Hall–Kier alpha value is -2.19. The van der Waals surface area contributed by atoms with Gasteiger partial charge in [-0.25, -0.2) is 4.68 Å². The lowest BCUT2D eigenvalue weighted by Gasteiger charge is -2.11. The molecule has 1 amide bonds. The van der Waals surface area contributed by atoms with E-state index in [1.165, 1.54) is 11.3 Å². The fourth-order valence-electron chi connectivity index (χ4n) is 1.57. The van der Waals surface area contributed by atoms with E-state index in [4.69, 9.17) is 0 Å². The summed E-state index contributed by atoms with van der Waals surface area (Å²) in [6.07, 6.45) is -0.795. The molecule has 2 aromatic heterocycles. The van der Waals surface area contributed by atoms with Crippen LogP contribution in [0.4, 0.5) is 0 Å². The molecule has 0 fully saturated rings. The molecule has 8 heteroatoms. The van der Waals surface area contributed by atoms with Crippen LogP contribution < -0.4 is 16.4 Å². The van der Waals surface area contributed by atoms with Gasteiger partial charge in [0.05, 0.1) is 6.10 Å². The summed E-state index contributed by atoms with van der Waals surface area (Å²) in [4.78, 5) is 34.1. The summed E-state index contributed by atoms with van der Waals surface area (Å²) < 4.78 is 0.911. The molecule has 0 saturated heterocycles. The molecule has 2 rings (SSSR count). The number of rotatable bonds is 5. The normalized spacial score (nSPS) is 12.1. The van der Waals surface area contributed by atoms with E-state index in [0.717, 1.165) is 22.4 Å². The van der Waals surface area contributed by atoms with Gasteiger partial charge in [0.1, 0.15) is 6.54 Å². The molecule has 1 unspecified atom stereocenters. The molecule has 0 radical (unpaired) electrons. The fraction of sp³-hybridized carbons (Fsp3) is 0.250. The molecular formula is C12H13N3O4S. The Morgan fingerprint density at radius 1 is 1.40 bits per heavy atom. The third kappa shape index (κ3) is 3.65. The SMILES string of the molecule is O=C(Cn1[nH]c(=O)ccc1=O)NCC(O)c1ccsc1. The van der Waals surface area contributed by atoms with E-state index in [1.54, 1.807) is 11.4 Å². The molecule has 0 saturated carbocycles. The molecule has 106 valence electrons. The van der Waals surface area contributed by atoms with Gasteiger partial charge in [-0.15, -0.1) is 0 Å². The highest BCUT2D eigenvalue weighted by Crippen LogP contribution is 2.14. The van der Waals surface area contributed by atoms with Crippen molar-refractivity contribution < 1.29 is 9.90 Å². The van der Waals surface area contributed by atoms with E-state index in [9.17, 15) is 19.5 Å². The van der Waals surface area contributed by atoms with Crippen molar-refractivity contribution in [1.29, 1.82) is 0 Å². The van der Waals surface area contributed by atoms with E-state index in [1.807, 2.05) is 5.38 Å². The Kier molecular flexibility index (Phi) is 4.49. The number of aliphatic hydroxyl groups excluding tert-OH is 1. The lowest BCUT2D eigenvalue weighted by molar-refractivity contribution is -0.122. The number of aromatic amines is 1. The smallest absolute Gasteiger partial charge is 0.265 e. The van der Waals surface area contributed by atoms with Crippen molar-refractivity contribution in [2.24, 2.45) is 0 Å². The van der Waals surface area contributed by atoms with Crippen LogP contribution in [0.3, 0.4) is 0 Å². The predicted octanol–water partition coefficient (Wildman–Crippen LogP) is -0.552. The number of carbonyl (C=O) groups is 1. The molecule has 3 N–H and O–H groups in total. The molecule has 0 aromatic carbocycles. The van der Waals surface area contributed by atoms with Crippen molar-refractivity contribution in [2.75, 3.05) is 6.54 Å². The number of aliphatic hydroxyl groups is 1. The Bertz CT molecular complexity index is 689. The lowest BCUT2D eigenvalue weighted by atomic mass is 10.2. The summed E-state index contributed by atoms with van der Waals surface area (Å²) in [6.45, 7) is -0.257. The van der Waals surface area contributed by atoms with Gasteiger partial charge in [0.15, 0.2) is 0 Å². The van der Waals surface area contributed by atoms with Crippen LogP contribution in [0.25, 0.3) is 0 Å². The van der Waals surface area contributed by atoms with Crippen LogP contribution in [-0.2, 0) is 11.3 Å². The topological polar surface area (TPSA) is 104 Å². The summed E-state index contributed by atoms with van der Waals surface area (Å²) in [5.41, 5.74) is -0.213. The molecule has 1 atom stereocenters. The van der Waals surface area contributed by atoms with Gasteiger partial charge in [-0.3, -0.25) is 19.5 Å². The van der Waals surface area contributed by atoms with Crippen LogP contribution in [-0.4, -0.2) is 27.3 Å². The average Bonchev–Trinajstić information content (AvgIpc) is 2.94. The van der Waals surface area contributed by atoms with Crippen molar-refractivity contribution in [3.05, 3.63) is 55.2 Å². The van der Waals surface area contributed by atoms with Gasteiger partial charge in [-0.2, -0.15) is 11.3 Å². The van der Waals surface area contributed by atoms with E-state index < -0.39 is 23.1 Å². The minimum absolute atomic E-state index is 0.0430. The first kappa shape index (κ1) is 14.2. The van der Waals surface area contributed by atoms with Crippen LogP contribution in [0.1, 0.15) is 11.7 Å². The highest BCUT2D eigenvalue weighted by molar-refractivity contribution is 7.07. The van der Waals surface area contributed by atoms with Gasteiger partial charge in [0, 0.05) is 18.7 Å². The Morgan fingerprint density at radius 3 is 2.90 bits per heavy atom. The average molecular weight is 295 g/mol. The zero-order valence-electron chi connectivity index (χ0n) is 10.4. The maximum absolute atomic E-state index is 11.6. The fourth-order valence-corrected chi connectivity index (χ4v) is 2.28. The Morgan fingerprint density at radius 2 is 2.20 bits per heavy atom. The van der Waals surface area contributed by atoms with Crippen LogP contribution in [0.15, 0.2) is 38.5 Å². The van der Waals surface area contributed by atoms with E-state index in [-0.39, 0.29) is 13.1 Å². The monoisotopic (exact) mass is 295 g/mol. The maximum Gasteiger partial charge on any atom is 0.265 e. The summed E-state index contributed by atoms with van der Waals surface area (Å²) >= 11 is 1.45. The molecule has 0 bridgehead atoms. The highest BCUT2D eigenvalue weighted by atomic mass is 32.1. The van der Waals surface area contributed by atoms with Gasteiger partial charge in [-0.1, -0.05) is 0 Å². The second-order valence-electron chi connectivity index (χ2n) is 4.11. The number of aromatic nitrogens is 2. The predicted molar refractivity (Wildman–Crippen MR) is 73.6 cm³/mol.